The largest absolute Gasteiger partial charge is 0.311 e. The van der Waals surface area contributed by atoms with Crippen LogP contribution in [0.25, 0.3) is 32.3 Å². The van der Waals surface area contributed by atoms with Gasteiger partial charge in [-0.2, -0.15) is 0 Å². The molecule has 12 rings (SSSR count). The number of benzene rings is 9. The van der Waals surface area contributed by atoms with Gasteiger partial charge in [0.05, 0.1) is 31.9 Å². The molecule has 0 unspecified atom stereocenters. The van der Waals surface area contributed by atoms with Crippen LogP contribution in [0.2, 0.25) is 0 Å². The van der Waals surface area contributed by atoms with Crippen molar-refractivity contribution in [3.8, 4) is 22.3 Å². The fourth-order valence-corrected chi connectivity index (χ4v) is 11.7. The van der Waals surface area contributed by atoms with Crippen molar-refractivity contribution in [1.29, 1.82) is 0 Å². The molecule has 2 aliphatic heterocycles. The zero-order chi connectivity index (χ0) is 63.4. The van der Waals surface area contributed by atoms with Crippen molar-refractivity contribution in [2.24, 2.45) is 0 Å². The Morgan fingerprint density at radius 1 is 0.466 bits per heavy atom. The minimum Gasteiger partial charge on any atom is -0.311 e. The number of fused-ring (bicyclic) bond motifs is 6. The lowest BCUT2D eigenvalue weighted by atomic mass is 9.36. The Bertz CT molecular complexity index is 4510. The summed E-state index contributed by atoms with van der Waals surface area (Å²) in [5.41, 5.74) is 9.07. The van der Waals surface area contributed by atoms with Gasteiger partial charge in [0.25, 0.3) is 6.71 Å². The topological polar surface area (TPSA) is 9.72 Å². The fraction of sp³-hybridized carbons (Fsp3) is 0.176. The summed E-state index contributed by atoms with van der Waals surface area (Å²) in [6.45, 7) is 18.9. The quantitative estimate of drug-likeness (QED) is 0.147. The molecule has 0 radical (unpaired) electrons. The summed E-state index contributed by atoms with van der Waals surface area (Å²) < 4.78 is 138. The van der Waals surface area contributed by atoms with Gasteiger partial charge in [-0.1, -0.05) is 195 Å². The standard InChI is InChI=1S/C68H62BN3S/c1-66(2,3)48-29-34-52(35-30-48)71-59-44-54(70(51-25-17-12-18-26-51)58-28-20-19-27-55(58)46-23-15-11-16-24-46)38-39-57(59)69-63-60(71)41-47(45-21-13-10-14-22-45)42-61(63)72(53-36-31-49(32-37-53)67(4,5)6)64-56-43-50(68(7,8)9)33-40-62(56)73-65(64)69/h10-44H,1-9H3/i10D,11D,12D,13D,14D,15D,16D,17D,18D,21D,22D,23D,24D,25D,26D. The second-order valence-corrected chi connectivity index (χ2v) is 23.1. The van der Waals surface area contributed by atoms with Crippen LogP contribution in [0.15, 0.2) is 212 Å². The van der Waals surface area contributed by atoms with E-state index in [0.29, 0.717) is 28.3 Å². The van der Waals surface area contributed by atoms with Crippen LogP contribution in [0.5, 0.6) is 0 Å². The van der Waals surface area contributed by atoms with E-state index in [1.165, 1.54) is 4.90 Å². The Morgan fingerprint density at radius 3 is 1.60 bits per heavy atom. The lowest BCUT2D eigenvalue weighted by Crippen LogP contribution is -2.60. The van der Waals surface area contributed by atoms with Crippen LogP contribution in [0.1, 0.15) is 99.6 Å². The number of hydrogen-bond donors (Lipinski definition) is 0. The van der Waals surface area contributed by atoms with E-state index >= 15 is 0 Å². The van der Waals surface area contributed by atoms with Crippen molar-refractivity contribution in [3.63, 3.8) is 0 Å². The average Bonchev–Trinajstić information content (AvgIpc) is 1.22. The van der Waals surface area contributed by atoms with Crippen LogP contribution in [-0.4, -0.2) is 6.71 Å². The van der Waals surface area contributed by atoms with Crippen LogP contribution < -0.4 is 30.4 Å². The van der Waals surface area contributed by atoms with Gasteiger partial charge in [0.15, 0.2) is 0 Å². The van der Waals surface area contributed by atoms with Gasteiger partial charge in [0.2, 0.25) is 0 Å². The van der Waals surface area contributed by atoms with Gasteiger partial charge in [-0.05, 0) is 139 Å². The Balaban J connectivity index is 1.25. The van der Waals surface area contributed by atoms with Gasteiger partial charge in [0, 0.05) is 60.2 Å². The molecule has 10 aromatic rings. The first-order valence-corrected chi connectivity index (χ1v) is 25.5. The molecule has 3 nitrogen and oxygen atoms in total. The highest BCUT2D eigenvalue weighted by Gasteiger charge is 2.46. The van der Waals surface area contributed by atoms with Crippen LogP contribution >= 0.6 is 11.3 Å². The molecular formula is C68H62BN3S. The summed E-state index contributed by atoms with van der Waals surface area (Å²) in [5, 5.41) is 0.989. The monoisotopic (exact) mass is 979 g/mol. The third kappa shape index (κ3) is 8.15. The van der Waals surface area contributed by atoms with E-state index in [-0.39, 0.29) is 62.1 Å². The molecule has 0 fully saturated rings. The Kier molecular flexibility index (Phi) is 7.81. The SMILES string of the molecule is [2H]c1c([2H])c([2H])c(-c2cc3c4c(c2)N(c2ccc(C(C)(C)C)cc2)c2c(sc5ccc(C(C)(C)C)cc25)B4c2ccc(N(c4ccccc4-c4c([2H])c([2H])c([2H])c([2H])c4[2H])c4c([2H])c([2H])c([2H])c([2H])c4[2H])cc2N3c2ccc(C(C)(C)C)cc2)c([2H])c1[2H]. The fourth-order valence-electron chi connectivity index (χ4n) is 10.4. The maximum atomic E-state index is 9.59. The first-order valence-electron chi connectivity index (χ1n) is 32.1. The van der Waals surface area contributed by atoms with E-state index in [1.807, 2.05) is 42.5 Å². The molecule has 358 valence electrons. The minimum absolute atomic E-state index is 0.000167. The highest BCUT2D eigenvalue weighted by molar-refractivity contribution is 7.33. The maximum Gasteiger partial charge on any atom is 0.264 e. The van der Waals surface area contributed by atoms with E-state index in [0.717, 1.165) is 53.9 Å². The molecular weight excluding hydrogens is 902 g/mol. The van der Waals surface area contributed by atoms with Crippen molar-refractivity contribution < 1.29 is 20.6 Å². The third-order valence-electron chi connectivity index (χ3n) is 14.2. The Hall–Kier alpha value is -7.60. The molecule has 2 aliphatic rings. The second-order valence-electron chi connectivity index (χ2n) is 22.0. The number of nitrogens with zero attached hydrogens (tertiary/aromatic N) is 3. The molecule has 3 heterocycles. The zero-order valence-corrected chi connectivity index (χ0v) is 43.2. The molecule has 0 aliphatic carbocycles. The Morgan fingerprint density at radius 2 is 1.00 bits per heavy atom. The molecule has 9 aromatic carbocycles. The van der Waals surface area contributed by atoms with E-state index in [2.05, 4.69) is 127 Å². The summed E-state index contributed by atoms with van der Waals surface area (Å²) in [6.07, 6.45) is 0. The molecule has 0 saturated carbocycles. The van der Waals surface area contributed by atoms with E-state index in [4.69, 9.17) is 12.3 Å². The summed E-state index contributed by atoms with van der Waals surface area (Å²) in [4.78, 5) is 5.85. The molecule has 0 bridgehead atoms. The highest BCUT2D eigenvalue weighted by Crippen LogP contribution is 2.51. The minimum atomic E-state index is -0.625. The van der Waals surface area contributed by atoms with Crippen LogP contribution in [-0.2, 0) is 16.2 Å². The highest BCUT2D eigenvalue weighted by atomic mass is 32.1. The van der Waals surface area contributed by atoms with E-state index in [9.17, 15) is 8.22 Å². The molecule has 0 saturated heterocycles. The van der Waals surface area contributed by atoms with Crippen LogP contribution in [0.3, 0.4) is 0 Å². The zero-order valence-electron chi connectivity index (χ0n) is 57.4. The first kappa shape index (κ1) is 32.5. The number of thiophene rings is 1. The lowest BCUT2D eigenvalue weighted by Gasteiger charge is -2.44. The van der Waals surface area contributed by atoms with Crippen molar-refractivity contribution in [1.82, 2.24) is 0 Å². The van der Waals surface area contributed by atoms with Gasteiger partial charge in [0.1, 0.15) is 0 Å². The summed E-state index contributed by atoms with van der Waals surface area (Å²) >= 11 is 1.67. The normalized spacial score (nSPS) is 16.1. The molecule has 73 heavy (non-hydrogen) atoms. The lowest BCUT2D eigenvalue weighted by molar-refractivity contribution is 0.590. The summed E-state index contributed by atoms with van der Waals surface area (Å²) in [6, 6.07) is 31.4. The number of anilines is 9. The number of hydrogen-bond acceptors (Lipinski definition) is 4. The Labute approximate surface area is 458 Å². The van der Waals surface area contributed by atoms with Crippen molar-refractivity contribution in [3.05, 3.63) is 229 Å². The molecule has 0 N–H and O–H groups in total. The van der Waals surface area contributed by atoms with Crippen molar-refractivity contribution in [2.45, 2.75) is 78.6 Å². The second kappa shape index (κ2) is 17.6. The van der Waals surface area contributed by atoms with E-state index in [1.54, 1.807) is 35.6 Å². The number of para-hydroxylation sites is 2. The third-order valence-corrected chi connectivity index (χ3v) is 15.4. The summed E-state index contributed by atoms with van der Waals surface area (Å²) in [7, 11) is 0. The van der Waals surface area contributed by atoms with Crippen LogP contribution in [0, 0.1) is 0 Å². The van der Waals surface area contributed by atoms with Gasteiger partial charge in [-0.15, -0.1) is 11.3 Å². The smallest absolute Gasteiger partial charge is 0.264 e. The van der Waals surface area contributed by atoms with E-state index < -0.39 is 85.3 Å². The number of rotatable bonds is 7. The molecule has 0 spiro atoms. The molecule has 0 amide bonds. The maximum absolute atomic E-state index is 9.59. The molecule has 0 atom stereocenters. The van der Waals surface area contributed by atoms with Crippen molar-refractivity contribution >= 4 is 95.0 Å². The molecule has 1 aromatic heterocycles. The van der Waals surface area contributed by atoms with Gasteiger partial charge in [-0.3, -0.25) is 0 Å². The predicted octanol–water partition coefficient (Wildman–Crippen LogP) is 17.7. The summed E-state index contributed by atoms with van der Waals surface area (Å²) in [5.74, 6) is 0. The van der Waals surface area contributed by atoms with Crippen molar-refractivity contribution in [2.75, 3.05) is 14.7 Å². The predicted molar refractivity (Wildman–Crippen MR) is 318 cm³/mol. The van der Waals surface area contributed by atoms with Crippen LogP contribution in [0.4, 0.5) is 51.2 Å². The average molecular weight is 979 g/mol. The molecule has 5 heteroatoms. The van der Waals surface area contributed by atoms with Gasteiger partial charge < -0.3 is 14.7 Å². The first-order chi connectivity index (χ1) is 41.3. The van der Waals surface area contributed by atoms with Gasteiger partial charge >= 0.3 is 0 Å². The van der Waals surface area contributed by atoms with Gasteiger partial charge in [-0.25, -0.2) is 0 Å².